The molecule has 5 rings (SSSR count). The Morgan fingerprint density at radius 3 is 2.76 bits per heavy atom. The minimum atomic E-state index is -0.528. The first-order valence-corrected chi connectivity index (χ1v) is 12.2. The minimum Gasteiger partial charge on any atom is -0.318 e. The van der Waals surface area contributed by atoms with Crippen molar-refractivity contribution in [2.45, 2.75) is 39.0 Å². The van der Waals surface area contributed by atoms with E-state index >= 15 is 0 Å². The molecule has 1 unspecified atom stereocenters. The molecular weight excluding hydrogens is 451 g/mol. The second-order valence-corrected chi connectivity index (χ2v) is 10.1. The number of aryl methyl sites for hydroxylation is 2. The van der Waals surface area contributed by atoms with E-state index in [1.165, 1.54) is 16.9 Å². The molecule has 4 aromatic rings. The Morgan fingerprint density at radius 1 is 1.26 bits per heavy atom. The summed E-state index contributed by atoms with van der Waals surface area (Å²) in [4.78, 5) is 26.6. The normalized spacial score (nSPS) is 16.0. The minimum absolute atomic E-state index is 0.0889. The Kier molecular flexibility index (Phi) is 5.91. The summed E-state index contributed by atoms with van der Waals surface area (Å²) < 4.78 is 17.4. The maximum Gasteiger partial charge on any atom is 0.259 e. The molecule has 2 N–H and O–H groups in total. The molecule has 7 nitrogen and oxygen atoms in total. The van der Waals surface area contributed by atoms with Gasteiger partial charge in [-0.05, 0) is 54.5 Å². The van der Waals surface area contributed by atoms with Crippen LogP contribution in [0.1, 0.15) is 48.8 Å². The van der Waals surface area contributed by atoms with Gasteiger partial charge in [-0.3, -0.25) is 4.79 Å². The fourth-order valence-corrected chi connectivity index (χ4v) is 5.92. The molecule has 34 heavy (non-hydrogen) atoms. The third-order valence-electron chi connectivity index (χ3n) is 6.42. The Labute approximate surface area is 201 Å². The molecule has 9 heteroatoms. The van der Waals surface area contributed by atoms with Crippen molar-refractivity contribution in [3.63, 3.8) is 0 Å². The monoisotopic (exact) mass is 478 g/mol. The third kappa shape index (κ3) is 3.99. The van der Waals surface area contributed by atoms with Crippen LogP contribution >= 0.6 is 11.3 Å². The quantitative estimate of drug-likeness (QED) is 0.427. The van der Waals surface area contributed by atoms with Gasteiger partial charge in [0.15, 0.2) is 5.82 Å². The Bertz CT molecular complexity index is 1420. The number of rotatable bonds is 5. The molecule has 4 aromatic heterocycles. The second-order valence-electron chi connectivity index (χ2n) is 9.10. The average molecular weight is 479 g/mol. The smallest absolute Gasteiger partial charge is 0.259 e. The van der Waals surface area contributed by atoms with Crippen molar-refractivity contribution < 1.29 is 4.39 Å². The predicted octanol–water partition coefficient (Wildman–Crippen LogP) is 4.84. The van der Waals surface area contributed by atoms with Crippen LogP contribution in [0.5, 0.6) is 0 Å². The Balaban J connectivity index is 1.52. The average Bonchev–Trinajstić information content (AvgIpc) is 3.47. The van der Waals surface area contributed by atoms with Crippen LogP contribution in [0.25, 0.3) is 20.7 Å². The highest BCUT2D eigenvalue weighted by molar-refractivity contribution is 7.22. The first-order valence-electron chi connectivity index (χ1n) is 11.4. The Morgan fingerprint density at radius 2 is 2.09 bits per heavy atom. The van der Waals surface area contributed by atoms with Gasteiger partial charge in [0.05, 0.1) is 16.5 Å². The van der Waals surface area contributed by atoms with Crippen LogP contribution in [-0.2, 0) is 7.05 Å². The highest BCUT2D eigenvalue weighted by Gasteiger charge is 2.22. The van der Waals surface area contributed by atoms with Crippen molar-refractivity contribution in [3.05, 3.63) is 63.6 Å². The number of halogens is 1. The molecule has 1 aliphatic rings. The SMILES string of the molecule is Cc1c(-c2nc(Nc3ccc(C4CCNC4)cn3)ncc2F)sc2c(C(C)C)cn(C)c(=O)c12. The van der Waals surface area contributed by atoms with Gasteiger partial charge >= 0.3 is 0 Å². The fraction of sp³-hybridized carbons (Fsp3) is 0.360. The summed E-state index contributed by atoms with van der Waals surface area (Å²) in [6.07, 6.45) is 6.00. The van der Waals surface area contributed by atoms with E-state index in [0.717, 1.165) is 41.5 Å². The largest absolute Gasteiger partial charge is 0.318 e. The first-order chi connectivity index (χ1) is 16.3. The van der Waals surface area contributed by atoms with E-state index in [1.807, 2.05) is 25.4 Å². The molecule has 1 aliphatic heterocycles. The van der Waals surface area contributed by atoms with Crippen LogP contribution in [0.15, 0.2) is 35.5 Å². The number of hydrogen-bond acceptors (Lipinski definition) is 7. The van der Waals surface area contributed by atoms with Crippen LogP contribution in [0.2, 0.25) is 0 Å². The zero-order valence-corrected chi connectivity index (χ0v) is 20.5. The van der Waals surface area contributed by atoms with Gasteiger partial charge in [0.25, 0.3) is 5.56 Å². The van der Waals surface area contributed by atoms with Crippen LogP contribution in [0.4, 0.5) is 16.2 Å². The van der Waals surface area contributed by atoms with E-state index in [9.17, 15) is 9.18 Å². The maximum absolute atomic E-state index is 14.9. The molecular formula is C25H27FN6OS. The van der Waals surface area contributed by atoms with Crippen molar-refractivity contribution in [3.8, 4) is 10.6 Å². The molecule has 0 spiro atoms. The summed E-state index contributed by atoms with van der Waals surface area (Å²) in [6, 6.07) is 3.94. The van der Waals surface area contributed by atoms with Gasteiger partial charge in [-0.15, -0.1) is 11.3 Å². The van der Waals surface area contributed by atoms with Crippen LogP contribution in [0.3, 0.4) is 0 Å². The topological polar surface area (TPSA) is 84.7 Å². The number of nitrogens with one attached hydrogen (secondary N) is 2. The number of aromatic nitrogens is 4. The molecule has 0 aromatic carbocycles. The molecule has 0 saturated carbocycles. The lowest BCUT2D eigenvalue weighted by atomic mass is 10.0. The third-order valence-corrected chi connectivity index (χ3v) is 7.76. The van der Waals surface area contributed by atoms with E-state index in [2.05, 4.69) is 45.5 Å². The molecule has 1 fully saturated rings. The summed E-state index contributed by atoms with van der Waals surface area (Å²) in [5.41, 5.74) is 3.08. The van der Waals surface area contributed by atoms with Crippen LogP contribution in [-0.4, -0.2) is 32.6 Å². The lowest BCUT2D eigenvalue weighted by molar-refractivity contribution is 0.619. The van der Waals surface area contributed by atoms with Crippen molar-refractivity contribution in [1.82, 2.24) is 24.8 Å². The van der Waals surface area contributed by atoms with Crippen LogP contribution < -0.4 is 16.2 Å². The van der Waals surface area contributed by atoms with Gasteiger partial charge < -0.3 is 15.2 Å². The zero-order valence-electron chi connectivity index (χ0n) is 19.6. The maximum atomic E-state index is 14.9. The molecule has 0 amide bonds. The van der Waals surface area contributed by atoms with E-state index in [4.69, 9.17) is 0 Å². The number of pyridine rings is 2. The molecule has 1 saturated heterocycles. The molecule has 0 radical (unpaired) electrons. The van der Waals surface area contributed by atoms with Gasteiger partial charge in [-0.2, -0.15) is 0 Å². The van der Waals surface area contributed by atoms with Crippen LogP contribution in [0, 0.1) is 12.7 Å². The van der Waals surface area contributed by atoms with E-state index in [-0.39, 0.29) is 23.1 Å². The molecule has 5 heterocycles. The highest BCUT2D eigenvalue weighted by Crippen LogP contribution is 2.40. The predicted molar refractivity (Wildman–Crippen MR) is 135 cm³/mol. The van der Waals surface area contributed by atoms with Gasteiger partial charge in [0.1, 0.15) is 11.5 Å². The summed E-state index contributed by atoms with van der Waals surface area (Å²) in [6.45, 7) is 8.02. The number of nitrogens with zero attached hydrogens (tertiary/aromatic N) is 4. The lowest BCUT2D eigenvalue weighted by Gasteiger charge is -2.10. The molecule has 0 aliphatic carbocycles. The summed E-state index contributed by atoms with van der Waals surface area (Å²) in [5, 5.41) is 7.07. The second kappa shape index (κ2) is 8.88. The van der Waals surface area contributed by atoms with E-state index in [0.29, 0.717) is 22.0 Å². The van der Waals surface area contributed by atoms with E-state index in [1.54, 1.807) is 11.6 Å². The van der Waals surface area contributed by atoms with Crippen molar-refractivity contribution in [1.29, 1.82) is 0 Å². The number of thiophene rings is 1. The van der Waals surface area contributed by atoms with Crippen molar-refractivity contribution >= 4 is 33.2 Å². The van der Waals surface area contributed by atoms with Gasteiger partial charge in [-0.25, -0.2) is 19.3 Å². The molecule has 1 atom stereocenters. The standard InChI is InChI=1S/C25H27FN6OS/c1-13(2)17-12-32(4)24(33)20-14(3)22(34-23(17)20)21-18(26)11-29-25(31-21)30-19-6-5-15(10-28-19)16-7-8-27-9-16/h5-6,10-13,16,27H,7-9H2,1-4H3,(H,28,29,30,31). The number of anilines is 2. The van der Waals surface area contributed by atoms with E-state index < -0.39 is 5.82 Å². The van der Waals surface area contributed by atoms with Gasteiger partial charge in [0, 0.05) is 30.7 Å². The first kappa shape index (κ1) is 22.6. The Hall–Kier alpha value is -3.17. The molecule has 0 bridgehead atoms. The summed E-state index contributed by atoms with van der Waals surface area (Å²) in [7, 11) is 1.75. The highest BCUT2D eigenvalue weighted by atomic mass is 32.1. The summed E-state index contributed by atoms with van der Waals surface area (Å²) >= 11 is 1.41. The molecule has 176 valence electrons. The number of hydrogen-bond donors (Lipinski definition) is 2. The lowest BCUT2D eigenvalue weighted by Crippen LogP contribution is -2.17. The van der Waals surface area contributed by atoms with Crippen molar-refractivity contribution in [2.75, 3.05) is 18.4 Å². The summed E-state index contributed by atoms with van der Waals surface area (Å²) in [5.74, 6) is 1.03. The number of fused-ring (bicyclic) bond motifs is 1. The van der Waals surface area contributed by atoms with Crippen molar-refractivity contribution in [2.24, 2.45) is 7.05 Å². The fourth-order valence-electron chi connectivity index (χ4n) is 4.47. The zero-order chi connectivity index (χ0) is 24.0. The van der Waals surface area contributed by atoms with Gasteiger partial charge in [0.2, 0.25) is 5.95 Å². The van der Waals surface area contributed by atoms with Gasteiger partial charge in [-0.1, -0.05) is 19.9 Å².